The Balaban J connectivity index is 1.56. The topological polar surface area (TPSA) is 76.0 Å². The number of rotatable bonds is 7. The van der Waals surface area contributed by atoms with Gasteiger partial charge in [-0.1, -0.05) is 53.9 Å². The van der Waals surface area contributed by atoms with E-state index in [9.17, 15) is 9.59 Å². The van der Waals surface area contributed by atoms with Crippen LogP contribution in [0.25, 0.3) is 6.08 Å². The third kappa shape index (κ3) is 6.08. The number of carbonyl (C=O) groups excluding carboxylic acids is 2. The predicted octanol–water partition coefficient (Wildman–Crippen LogP) is 3.64. The smallest absolute Gasteiger partial charge is 0.244 e. The number of hydrogen-bond acceptors (Lipinski definition) is 3. The molecule has 0 aliphatic rings. The molecule has 7 heteroatoms. The molecule has 2 amide bonds. The Labute approximate surface area is 185 Å². The largest absolute Gasteiger partial charge is 0.343 e. The van der Waals surface area contributed by atoms with E-state index in [1.165, 1.54) is 6.08 Å². The Bertz CT molecular complexity index is 1160. The molecule has 1 aromatic heterocycles. The molecule has 0 unspecified atom stereocenters. The zero-order valence-corrected chi connectivity index (χ0v) is 17.7. The maximum atomic E-state index is 12.1. The Kier molecular flexibility index (Phi) is 7.26. The molecule has 6 nitrogen and oxygen atoms in total. The third-order valence-electron chi connectivity index (χ3n) is 4.42. The zero-order chi connectivity index (χ0) is 22.2. The zero-order valence-electron chi connectivity index (χ0n) is 16.9. The van der Waals surface area contributed by atoms with Crippen LogP contribution in [0.5, 0.6) is 0 Å². The van der Waals surface area contributed by atoms with Crippen LogP contribution in [0.2, 0.25) is 5.15 Å². The lowest BCUT2D eigenvalue weighted by Gasteiger charge is -2.06. The van der Waals surface area contributed by atoms with Crippen LogP contribution in [0.3, 0.4) is 0 Å². The SMILES string of the molecule is C#Cc1cccc(NC(=O)CNC(=O)C=Cc2c(C)nn(Cc3ccccc3)c2Cl)c1. The van der Waals surface area contributed by atoms with Crippen molar-refractivity contribution in [3.05, 3.63) is 88.2 Å². The number of carbonyl (C=O) groups is 2. The van der Waals surface area contributed by atoms with Gasteiger partial charge >= 0.3 is 0 Å². The van der Waals surface area contributed by atoms with E-state index < -0.39 is 5.91 Å². The lowest BCUT2D eigenvalue weighted by atomic mass is 10.2. The van der Waals surface area contributed by atoms with Crippen LogP contribution in [0.15, 0.2) is 60.7 Å². The number of benzene rings is 2. The van der Waals surface area contributed by atoms with Gasteiger partial charge in [-0.05, 0) is 36.8 Å². The third-order valence-corrected chi connectivity index (χ3v) is 4.82. The van der Waals surface area contributed by atoms with Crippen molar-refractivity contribution in [2.45, 2.75) is 13.5 Å². The van der Waals surface area contributed by atoms with Gasteiger partial charge in [0.05, 0.1) is 18.8 Å². The van der Waals surface area contributed by atoms with Crippen LogP contribution in [-0.2, 0) is 16.1 Å². The van der Waals surface area contributed by atoms with Crippen LogP contribution >= 0.6 is 11.6 Å². The molecule has 0 saturated carbocycles. The second-order valence-electron chi connectivity index (χ2n) is 6.76. The first kappa shape index (κ1) is 21.9. The average Bonchev–Trinajstić information content (AvgIpc) is 3.04. The fraction of sp³-hybridized carbons (Fsp3) is 0.125. The maximum Gasteiger partial charge on any atom is 0.244 e. The number of terminal acetylenes is 1. The fourth-order valence-electron chi connectivity index (χ4n) is 2.89. The molecular weight excluding hydrogens is 412 g/mol. The quantitative estimate of drug-likeness (QED) is 0.442. The van der Waals surface area contributed by atoms with Crippen LogP contribution in [0.1, 0.15) is 22.4 Å². The summed E-state index contributed by atoms with van der Waals surface area (Å²) >= 11 is 6.44. The summed E-state index contributed by atoms with van der Waals surface area (Å²) in [6.45, 7) is 2.17. The van der Waals surface area contributed by atoms with E-state index in [4.69, 9.17) is 18.0 Å². The first-order valence-corrected chi connectivity index (χ1v) is 9.93. The van der Waals surface area contributed by atoms with E-state index in [0.717, 1.165) is 5.56 Å². The van der Waals surface area contributed by atoms with Gasteiger partial charge in [-0.25, -0.2) is 4.68 Å². The second kappa shape index (κ2) is 10.3. The molecule has 0 saturated heterocycles. The highest BCUT2D eigenvalue weighted by Gasteiger charge is 2.12. The number of anilines is 1. The Morgan fingerprint density at radius 3 is 2.71 bits per heavy atom. The van der Waals surface area contributed by atoms with E-state index in [-0.39, 0.29) is 12.5 Å². The summed E-state index contributed by atoms with van der Waals surface area (Å²) in [5.74, 6) is 1.72. The van der Waals surface area contributed by atoms with E-state index >= 15 is 0 Å². The minimum Gasteiger partial charge on any atom is -0.343 e. The predicted molar refractivity (Wildman–Crippen MR) is 123 cm³/mol. The highest BCUT2D eigenvalue weighted by molar-refractivity contribution is 6.31. The average molecular weight is 433 g/mol. The summed E-state index contributed by atoms with van der Waals surface area (Å²) in [5, 5.41) is 10.1. The van der Waals surface area contributed by atoms with Crippen molar-refractivity contribution in [2.24, 2.45) is 0 Å². The van der Waals surface area contributed by atoms with Gasteiger partial charge in [-0.2, -0.15) is 5.10 Å². The highest BCUT2D eigenvalue weighted by Crippen LogP contribution is 2.22. The maximum absolute atomic E-state index is 12.1. The molecule has 3 rings (SSSR count). The number of hydrogen-bond donors (Lipinski definition) is 2. The van der Waals surface area contributed by atoms with Gasteiger partial charge in [-0.15, -0.1) is 6.42 Å². The molecule has 0 aliphatic carbocycles. The Morgan fingerprint density at radius 1 is 1.19 bits per heavy atom. The van der Waals surface area contributed by atoms with Gasteiger partial charge in [0.2, 0.25) is 11.8 Å². The molecule has 2 N–H and O–H groups in total. The van der Waals surface area contributed by atoms with Gasteiger partial charge < -0.3 is 10.6 Å². The van der Waals surface area contributed by atoms with Crippen molar-refractivity contribution in [3.63, 3.8) is 0 Å². The monoisotopic (exact) mass is 432 g/mol. The molecule has 31 heavy (non-hydrogen) atoms. The summed E-state index contributed by atoms with van der Waals surface area (Å²) in [5.41, 5.74) is 3.65. The molecule has 0 aliphatic heterocycles. The summed E-state index contributed by atoms with van der Waals surface area (Å²) in [6, 6.07) is 16.7. The van der Waals surface area contributed by atoms with Crippen molar-refractivity contribution in [3.8, 4) is 12.3 Å². The molecule has 0 fully saturated rings. The Hall–Kier alpha value is -3.82. The number of amides is 2. The van der Waals surface area contributed by atoms with Gasteiger partial charge in [-0.3, -0.25) is 9.59 Å². The van der Waals surface area contributed by atoms with Gasteiger partial charge in [0.1, 0.15) is 5.15 Å². The van der Waals surface area contributed by atoms with Gasteiger partial charge in [0.15, 0.2) is 0 Å². The van der Waals surface area contributed by atoms with Crippen molar-refractivity contribution >= 4 is 35.2 Å². The van der Waals surface area contributed by atoms with Crippen molar-refractivity contribution in [1.82, 2.24) is 15.1 Å². The standard InChI is InChI=1S/C24H21ClN4O2/c1-3-18-10-7-11-20(14-18)27-23(31)15-26-22(30)13-12-21-17(2)28-29(24(21)25)16-19-8-5-4-6-9-19/h1,4-14H,15-16H2,2H3,(H,26,30)(H,27,31). The lowest BCUT2D eigenvalue weighted by Crippen LogP contribution is -2.31. The normalized spacial score (nSPS) is 10.6. The molecule has 0 atom stereocenters. The fourth-order valence-corrected chi connectivity index (χ4v) is 3.19. The molecule has 3 aromatic rings. The number of nitrogens with one attached hydrogen (secondary N) is 2. The molecule has 1 heterocycles. The second-order valence-corrected chi connectivity index (χ2v) is 7.12. The van der Waals surface area contributed by atoms with Crippen LogP contribution in [0.4, 0.5) is 5.69 Å². The highest BCUT2D eigenvalue weighted by atomic mass is 35.5. The Morgan fingerprint density at radius 2 is 1.97 bits per heavy atom. The molecule has 0 spiro atoms. The number of aryl methyl sites for hydroxylation is 1. The van der Waals surface area contributed by atoms with E-state index in [1.807, 2.05) is 37.3 Å². The van der Waals surface area contributed by atoms with E-state index in [1.54, 1.807) is 35.0 Å². The van der Waals surface area contributed by atoms with Crippen molar-refractivity contribution in [2.75, 3.05) is 11.9 Å². The first-order valence-electron chi connectivity index (χ1n) is 9.55. The van der Waals surface area contributed by atoms with E-state index in [2.05, 4.69) is 21.7 Å². The van der Waals surface area contributed by atoms with Crippen molar-refractivity contribution < 1.29 is 9.59 Å². The minimum absolute atomic E-state index is 0.177. The van der Waals surface area contributed by atoms with Crippen LogP contribution in [-0.4, -0.2) is 28.1 Å². The van der Waals surface area contributed by atoms with Gasteiger partial charge in [0.25, 0.3) is 0 Å². The summed E-state index contributed by atoms with van der Waals surface area (Å²) < 4.78 is 1.68. The lowest BCUT2D eigenvalue weighted by molar-refractivity contribution is -0.121. The number of nitrogens with zero attached hydrogens (tertiary/aromatic N) is 2. The molecule has 0 bridgehead atoms. The number of aromatic nitrogens is 2. The molecular formula is C24H21ClN4O2. The van der Waals surface area contributed by atoms with Crippen LogP contribution in [0, 0.1) is 19.3 Å². The van der Waals surface area contributed by atoms with E-state index in [0.29, 0.717) is 34.2 Å². The number of halogens is 1. The van der Waals surface area contributed by atoms with Crippen molar-refractivity contribution in [1.29, 1.82) is 0 Å². The van der Waals surface area contributed by atoms with Gasteiger partial charge in [0, 0.05) is 22.9 Å². The molecule has 2 aromatic carbocycles. The summed E-state index contributed by atoms with van der Waals surface area (Å²) in [4.78, 5) is 24.2. The van der Waals surface area contributed by atoms with Crippen LogP contribution < -0.4 is 10.6 Å². The summed E-state index contributed by atoms with van der Waals surface area (Å²) in [6.07, 6.45) is 8.27. The first-order chi connectivity index (χ1) is 15.0. The summed E-state index contributed by atoms with van der Waals surface area (Å²) in [7, 11) is 0. The molecule has 0 radical (unpaired) electrons. The minimum atomic E-state index is -0.418. The molecule has 156 valence electrons.